The Morgan fingerprint density at radius 1 is 1.25 bits per heavy atom. The summed E-state index contributed by atoms with van der Waals surface area (Å²) in [6.07, 6.45) is 0. The lowest BCUT2D eigenvalue weighted by Crippen LogP contribution is -2.56. The largest absolute Gasteiger partial charge is 0.468 e. The molecule has 5 nitrogen and oxygen atoms in total. The Balaban J connectivity index is 4.26. The molecule has 0 aliphatic carbocycles. The van der Waals surface area contributed by atoms with Crippen LogP contribution in [-0.4, -0.2) is 46.1 Å². The van der Waals surface area contributed by atoms with Gasteiger partial charge in [0.15, 0.2) is 5.54 Å². The van der Waals surface area contributed by atoms with Crippen LogP contribution in [0, 0.1) is 0 Å². The van der Waals surface area contributed by atoms with Gasteiger partial charge in [-0.05, 0) is 0 Å². The van der Waals surface area contributed by atoms with Gasteiger partial charge in [-0.2, -0.15) is 0 Å². The number of nitrogens with two attached hydrogens (primary N) is 1. The van der Waals surface area contributed by atoms with Crippen LogP contribution in [0.3, 0.4) is 0 Å². The van der Waals surface area contributed by atoms with Gasteiger partial charge in [-0.3, -0.25) is 0 Å². The zero-order valence-electron chi connectivity index (χ0n) is 7.62. The lowest BCUT2D eigenvalue weighted by molar-refractivity contribution is -0.151. The molecule has 0 bridgehead atoms. The molecule has 0 heterocycles. The number of esters is 1. The maximum Gasteiger partial charge on any atom is 0.330 e. The molecular weight excluding hydrogens is 162 g/mol. The van der Waals surface area contributed by atoms with Gasteiger partial charge < -0.3 is 19.9 Å². The van der Waals surface area contributed by atoms with Crippen molar-refractivity contribution >= 4 is 5.97 Å². The van der Waals surface area contributed by atoms with E-state index in [0.29, 0.717) is 0 Å². The molecule has 2 N–H and O–H groups in total. The molecule has 0 aromatic heterocycles. The van der Waals surface area contributed by atoms with E-state index in [1.807, 2.05) is 0 Å². The van der Waals surface area contributed by atoms with Crippen molar-refractivity contribution in [1.29, 1.82) is 0 Å². The van der Waals surface area contributed by atoms with Crippen LogP contribution < -0.4 is 5.73 Å². The molecule has 0 atom stereocenters. The first-order chi connectivity index (χ1) is 5.60. The molecule has 0 aliphatic heterocycles. The van der Waals surface area contributed by atoms with Crippen LogP contribution in [0.25, 0.3) is 0 Å². The first-order valence-electron chi connectivity index (χ1n) is 3.46. The summed E-state index contributed by atoms with van der Waals surface area (Å²) >= 11 is 0. The maximum atomic E-state index is 11.1. The molecule has 0 rings (SSSR count). The van der Waals surface area contributed by atoms with Crippen molar-refractivity contribution in [1.82, 2.24) is 0 Å². The number of carbonyl (C=O) groups is 1. The first-order valence-corrected chi connectivity index (χ1v) is 3.46. The van der Waals surface area contributed by atoms with Crippen LogP contribution in [0.15, 0.2) is 0 Å². The highest BCUT2D eigenvalue weighted by Crippen LogP contribution is 2.04. The Morgan fingerprint density at radius 2 is 1.67 bits per heavy atom. The molecule has 0 spiro atoms. The minimum atomic E-state index is -1.20. The first kappa shape index (κ1) is 11.4. The van der Waals surface area contributed by atoms with Crippen LogP contribution in [0.4, 0.5) is 0 Å². The molecule has 0 saturated heterocycles. The number of rotatable bonds is 5. The van der Waals surface area contributed by atoms with Crippen LogP contribution >= 0.6 is 0 Å². The monoisotopic (exact) mass is 177 g/mol. The summed E-state index contributed by atoms with van der Waals surface area (Å²) in [6, 6.07) is 0. The Kier molecular flexibility index (Phi) is 4.80. The van der Waals surface area contributed by atoms with Gasteiger partial charge in [0.1, 0.15) is 0 Å². The van der Waals surface area contributed by atoms with Gasteiger partial charge in [-0.25, -0.2) is 4.79 Å². The van der Waals surface area contributed by atoms with Gasteiger partial charge in [0.05, 0.1) is 20.3 Å². The van der Waals surface area contributed by atoms with E-state index in [9.17, 15) is 4.79 Å². The lowest BCUT2D eigenvalue weighted by atomic mass is 10.0. The maximum absolute atomic E-state index is 11.1. The van der Waals surface area contributed by atoms with E-state index in [1.165, 1.54) is 21.3 Å². The summed E-state index contributed by atoms with van der Waals surface area (Å²) in [5.41, 5.74) is 4.45. The second kappa shape index (κ2) is 5.08. The third-order valence-electron chi connectivity index (χ3n) is 1.40. The average Bonchev–Trinajstić information content (AvgIpc) is 2.04. The summed E-state index contributed by atoms with van der Waals surface area (Å²) in [6.45, 7) is 0.154. The summed E-state index contributed by atoms with van der Waals surface area (Å²) in [4.78, 5) is 11.1. The van der Waals surface area contributed by atoms with E-state index in [4.69, 9.17) is 15.2 Å². The average molecular weight is 177 g/mol. The SMILES string of the molecule is COCC(N)(COC)C(=O)OC. The third-order valence-corrected chi connectivity index (χ3v) is 1.40. The number of methoxy groups -OCH3 is 3. The molecule has 5 heteroatoms. The van der Waals surface area contributed by atoms with Crippen molar-refractivity contribution in [3.8, 4) is 0 Å². The molecule has 12 heavy (non-hydrogen) atoms. The van der Waals surface area contributed by atoms with E-state index in [1.54, 1.807) is 0 Å². The molecule has 0 aromatic rings. The second-order valence-electron chi connectivity index (χ2n) is 2.51. The number of hydrogen-bond acceptors (Lipinski definition) is 5. The van der Waals surface area contributed by atoms with Crippen molar-refractivity contribution < 1.29 is 19.0 Å². The van der Waals surface area contributed by atoms with E-state index in [2.05, 4.69) is 4.74 Å². The third kappa shape index (κ3) is 2.77. The predicted molar refractivity (Wildman–Crippen MR) is 42.7 cm³/mol. The normalized spacial score (nSPS) is 11.3. The van der Waals surface area contributed by atoms with E-state index < -0.39 is 11.5 Å². The molecule has 0 amide bonds. The quantitative estimate of drug-likeness (QED) is 0.554. The van der Waals surface area contributed by atoms with Gasteiger partial charge in [-0.15, -0.1) is 0 Å². The van der Waals surface area contributed by atoms with Crippen LogP contribution in [0.5, 0.6) is 0 Å². The van der Waals surface area contributed by atoms with Crippen LogP contribution in [0.2, 0.25) is 0 Å². The van der Waals surface area contributed by atoms with Gasteiger partial charge in [0, 0.05) is 14.2 Å². The highest BCUT2D eigenvalue weighted by Gasteiger charge is 2.35. The highest BCUT2D eigenvalue weighted by molar-refractivity contribution is 5.80. The van der Waals surface area contributed by atoms with Gasteiger partial charge in [0.2, 0.25) is 0 Å². The van der Waals surface area contributed by atoms with E-state index in [-0.39, 0.29) is 13.2 Å². The fourth-order valence-electron chi connectivity index (χ4n) is 0.878. The minimum absolute atomic E-state index is 0.0769. The molecule has 0 radical (unpaired) electrons. The molecule has 0 unspecified atom stereocenters. The molecule has 0 aromatic carbocycles. The van der Waals surface area contributed by atoms with Crippen LogP contribution in [-0.2, 0) is 19.0 Å². The van der Waals surface area contributed by atoms with Crippen molar-refractivity contribution in [3.63, 3.8) is 0 Å². The fourth-order valence-corrected chi connectivity index (χ4v) is 0.878. The molecule has 72 valence electrons. The van der Waals surface area contributed by atoms with Crippen LogP contribution in [0.1, 0.15) is 0 Å². The molecular formula is C7H15NO4. The standard InChI is InChI=1S/C7H15NO4/c1-10-4-7(8,5-11-2)6(9)12-3/h4-5,8H2,1-3H3. The fraction of sp³-hybridized carbons (Fsp3) is 0.857. The van der Waals surface area contributed by atoms with Crippen molar-refractivity contribution in [2.75, 3.05) is 34.5 Å². The smallest absolute Gasteiger partial charge is 0.330 e. The Bertz CT molecular complexity index is 142. The summed E-state index contributed by atoms with van der Waals surface area (Å²) < 4.78 is 14.0. The number of hydrogen-bond donors (Lipinski definition) is 1. The highest BCUT2D eigenvalue weighted by atomic mass is 16.5. The minimum Gasteiger partial charge on any atom is -0.468 e. The topological polar surface area (TPSA) is 70.8 Å². The molecule has 0 fully saturated rings. The summed E-state index contributed by atoms with van der Waals surface area (Å²) in [5.74, 6) is -0.536. The van der Waals surface area contributed by atoms with E-state index in [0.717, 1.165) is 0 Å². The lowest BCUT2D eigenvalue weighted by Gasteiger charge is -2.24. The zero-order valence-corrected chi connectivity index (χ0v) is 7.62. The summed E-state index contributed by atoms with van der Waals surface area (Å²) in [7, 11) is 4.19. The number of carbonyl (C=O) groups excluding carboxylic acids is 1. The van der Waals surface area contributed by atoms with Gasteiger partial charge >= 0.3 is 5.97 Å². The Morgan fingerprint density at radius 3 is 1.92 bits per heavy atom. The Hall–Kier alpha value is -0.650. The zero-order chi connectivity index (χ0) is 9.61. The predicted octanol–water partition coefficient (Wildman–Crippen LogP) is -0.850. The van der Waals surface area contributed by atoms with E-state index >= 15 is 0 Å². The second-order valence-corrected chi connectivity index (χ2v) is 2.51. The number of ether oxygens (including phenoxy) is 3. The molecule has 0 saturated carbocycles. The Labute approximate surface area is 71.8 Å². The van der Waals surface area contributed by atoms with Crippen molar-refractivity contribution in [2.45, 2.75) is 5.54 Å². The van der Waals surface area contributed by atoms with Crippen molar-refractivity contribution in [3.05, 3.63) is 0 Å². The van der Waals surface area contributed by atoms with Crippen molar-refractivity contribution in [2.24, 2.45) is 5.73 Å². The van der Waals surface area contributed by atoms with Gasteiger partial charge in [-0.1, -0.05) is 0 Å². The summed E-state index contributed by atoms with van der Waals surface area (Å²) in [5, 5.41) is 0. The van der Waals surface area contributed by atoms with Gasteiger partial charge in [0.25, 0.3) is 0 Å². The molecule has 0 aliphatic rings.